The number of nitrogens with one attached hydrogen (secondary N) is 1. The summed E-state index contributed by atoms with van der Waals surface area (Å²) in [6, 6.07) is 14.5. The lowest BCUT2D eigenvalue weighted by Crippen LogP contribution is -2.33. The first-order valence-corrected chi connectivity index (χ1v) is 8.29. The van der Waals surface area contributed by atoms with Gasteiger partial charge in [-0.1, -0.05) is 42.0 Å². The van der Waals surface area contributed by atoms with Crippen molar-refractivity contribution in [3.8, 4) is 5.75 Å². The fourth-order valence-electron chi connectivity index (χ4n) is 2.56. The van der Waals surface area contributed by atoms with Crippen molar-refractivity contribution in [3.63, 3.8) is 0 Å². The second-order valence-corrected chi connectivity index (χ2v) is 6.18. The number of carbonyl (C=O) groups excluding carboxylic acids is 2. The Kier molecular flexibility index (Phi) is 5.03. The van der Waals surface area contributed by atoms with Crippen molar-refractivity contribution < 1.29 is 19.1 Å². The van der Waals surface area contributed by atoms with Gasteiger partial charge in [-0.05, 0) is 31.9 Å². The molecule has 0 bridgehead atoms. The predicted octanol–water partition coefficient (Wildman–Crippen LogP) is 3.18. The van der Waals surface area contributed by atoms with E-state index in [1.807, 2.05) is 31.2 Å². The van der Waals surface area contributed by atoms with Crippen molar-refractivity contribution in [2.24, 2.45) is 0 Å². The van der Waals surface area contributed by atoms with Crippen LogP contribution in [-0.4, -0.2) is 25.0 Å². The number of carbonyl (C=O) groups is 2. The number of aryl methyl sites for hydroxylation is 1. The van der Waals surface area contributed by atoms with E-state index in [4.69, 9.17) is 9.47 Å². The van der Waals surface area contributed by atoms with Gasteiger partial charge in [-0.2, -0.15) is 0 Å². The molecular formula is C20H21NO4. The highest BCUT2D eigenvalue weighted by atomic mass is 16.5. The molecule has 0 spiro atoms. The van der Waals surface area contributed by atoms with Gasteiger partial charge >= 0.3 is 5.97 Å². The number of rotatable bonds is 6. The molecule has 1 saturated carbocycles. The molecule has 2 aromatic rings. The topological polar surface area (TPSA) is 64.6 Å². The Hall–Kier alpha value is -2.82. The Bertz CT molecular complexity index is 769. The molecular weight excluding hydrogens is 318 g/mol. The number of esters is 1. The van der Waals surface area contributed by atoms with Gasteiger partial charge in [-0.3, -0.25) is 4.79 Å². The van der Waals surface area contributed by atoms with E-state index in [1.54, 1.807) is 24.3 Å². The fourth-order valence-corrected chi connectivity index (χ4v) is 2.56. The maximum absolute atomic E-state index is 12.7. The molecule has 0 unspecified atom stereocenters. The summed E-state index contributed by atoms with van der Waals surface area (Å²) in [4.78, 5) is 25.2. The summed E-state index contributed by atoms with van der Waals surface area (Å²) < 4.78 is 10.8. The summed E-state index contributed by atoms with van der Waals surface area (Å²) in [6.45, 7) is 1.88. The molecule has 1 aliphatic rings. The van der Waals surface area contributed by atoms with Gasteiger partial charge in [0.15, 0.2) is 0 Å². The highest BCUT2D eigenvalue weighted by Crippen LogP contribution is 2.26. The molecule has 0 saturated heterocycles. The van der Waals surface area contributed by atoms with Crippen LogP contribution in [0.5, 0.6) is 5.75 Å². The molecule has 25 heavy (non-hydrogen) atoms. The van der Waals surface area contributed by atoms with Crippen LogP contribution in [-0.2, 0) is 9.53 Å². The van der Waals surface area contributed by atoms with Crippen LogP contribution >= 0.6 is 0 Å². The zero-order valence-electron chi connectivity index (χ0n) is 14.3. The first-order valence-electron chi connectivity index (χ1n) is 8.29. The molecule has 130 valence electrons. The Morgan fingerprint density at radius 3 is 2.48 bits per heavy atom. The maximum atomic E-state index is 12.7. The van der Waals surface area contributed by atoms with E-state index in [0.717, 1.165) is 18.4 Å². The van der Waals surface area contributed by atoms with Gasteiger partial charge in [0.2, 0.25) is 6.10 Å². The van der Waals surface area contributed by atoms with Crippen molar-refractivity contribution in [2.75, 3.05) is 7.11 Å². The van der Waals surface area contributed by atoms with Crippen LogP contribution in [0.25, 0.3) is 0 Å². The van der Waals surface area contributed by atoms with E-state index in [1.165, 1.54) is 7.11 Å². The largest absolute Gasteiger partial charge is 0.496 e. The standard InChI is InChI=1S/C20H21NO4/c1-13-8-11-17(24-2)16(12-13)20(23)25-18(14-6-4-3-5-7-14)19(22)21-15-9-10-15/h3-8,11-12,15,18H,9-10H2,1-2H3,(H,21,22)/t18-/m0/s1. The third-order valence-corrected chi connectivity index (χ3v) is 4.06. The third-order valence-electron chi connectivity index (χ3n) is 4.06. The van der Waals surface area contributed by atoms with E-state index in [9.17, 15) is 9.59 Å². The Morgan fingerprint density at radius 1 is 1.12 bits per heavy atom. The Balaban J connectivity index is 1.85. The molecule has 0 heterocycles. The first-order chi connectivity index (χ1) is 12.1. The maximum Gasteiger partial charge on any atom is 0.343 e. The molecule has 0 radical (unpaired) electrons. The minimum Gasteiger partial charge on any atom is -0.496 e. The van der Waals surface area contributed by atoms with Gasteiger partial charge in [0, 0.05) is 11.6 Å². The van der Waals surface area contributed by atoms with Crippen molar-refractivity contribution >= 4 is 11.9 Å². The highest BCUT2D eigenvalue weighted by molar-refractivity contribution is 5.95. The first kappa shape index (κ1) is 17.0. The zero-order valence-corrected chi connectivity index (χ0v) is 14.3. The van der Waals surface area contributed by atoms with Crippen LogP contribution in [0, 0.1) is 6.92 Å². The van der Waals surface area contributed by atoms with Crippen molar-refractivity contribution in [1.29, 1.82) is 0 Å². The monoisotopic (exact) mass is 339 g/mol. The normalized spacial score (nSPS) is 14.5. The molecule has 1 fully saturated rings. The molecule has 5 heteroatoms. The van der Waals surface area contributed by atoms with Crippen LogP contribution in [0.4, 0.5) is 0 Å². The van der Waals surface area contributed by atoms with Crippen molar-refractivity contribution in [3.05, 3.63) is 65.2 Å². The number of ether oxygens (including phenoxy) is 2. The summed E-state index contributed by atoms with van der Waals surface area (Å²) in [6.07, 6.45) is 0.944. The van der Waals surface area contributed by atoms with Gasteiger partial charge in [0.1, 0.15) is 11.3 Å². The van der Waals surface area contributed by atoms with Gasteiger partial charge < -0.3 is 14.8 Å². The molecule has 1 N–H and O–H groups in total. The van der Waals surface area contributed by atoms with Crippen LogP contribution in [0.15, 0.2) is 48.5 Å². The van der Waals surface area contributed by atoms with E-state index in [2.05, 4.69) is 5.32 Å². The van der Waals surface area contributed by atoms with Gasteiger partial charge in [-0.15, -0.1) is 0 Å². The Labute approximate surface area is 147 Å². The highest BCUT2D eigenvalue weighted by Gasteiger charge is 2.31. The van der Waals surface area contributed by atoms with Crippen LogP contribution in [0.2, 0.25) is 0 Å². The van der Waals surface area contributed by atoms with E-state index in [0.29, 0.717) is 16.9 Å². The smallest absolute Gasteiger partial charge is 0.343 e. The summed E-state index contributed by atoms with van der Waals surface area (Å²) >= 11 is 0. The van der Waals surface area contributed by atoms with Crippen molar-refractivity contribution in [2.45, 2.75) is 31.9 Å². The molecule has 0 aromatic heterocycles. The zero-order chi connectivity index (χ0) is 17.8. The average molecular weight is 339 g/mol. The SMILES string of the molecule is COc1ccc(C)cc1C(=O)O[C@H](C(=O)NC1CC1)c1ccccc1. The Morgan fingerprint density at radius 2 is 1.84 bits per heavy atom. The lowest BCUT2D eigenvalue weighted by Gasteiger charge is -2.19. The minimum atomic E-state index is -0.987. The van der Waals surface area contributed by atoms with Gasteiger partial charge in [0.05, 0.1) is 7.11 Å². The number of benzene rings is 2. The summed E-state index contributed by atoms with van der Waals surface area (Å²) in [5.41, 5.74) is 1.86. The third kappa shape index (κ3) is 4.18. The van der Waals surface area contributed by atoms with Crippen LogP contribution in [0.1, 0.15) is 40.4 Å². The molecule has 1 amide bonds. The number of hydrogen-bond acceptors (Lipinski definition) is 4. The summed E-state index contributed by atoms with van der Waals surface area (Å²) in [5.74, 6) is -0.459. The molecule has 1 aliphatic carbocycles. The molecule has 1 atom stereocenters. The molecule has 3 rings (SSSR count). The summed E-state index contributed by atoms with van der Waals surface area (Å²) in [5, 5.41) is 2.90. The second-order valence-electron chi connectivity index (χ2n) is 6.18. The van der Waals surface area contributed by atoms with Crippen LogP contribution in [0.3, 0.4) is 0 Å². The molecule has 2 aromatic carbocycles. The molecule has 0 aliphatic heterocycles. The van der Waals surface area contributed by atoms with E-state index < -0.39 is 12.1 Å². The van der Waals surface area contributed by atoms with E-state index >= 15 is 0 Å². The van der Waals surface area contributed by atoms with Gasteiger partial charge in [0.25, 0.3) is 5.91 Å². The second kappa shape index (κ2) is 7.38. The lowest BCUT2D eigenvalue weighted by atomic mass is 10.1. The number of amides is 1. The lowest BCUT2D eigenvalue weighted by molar-refractivity contribution is -0.130. The molecule has 5 nitrogen and oxygen atoms in total. The predicted molar refractivity (Wildman–Crippen MR) is 93.5 cm³/mol. The van der Waals surface area contributed by atoms with E-state index in [-0.39, 0.29) is 11.9 Å². The van der Waals surface area contributed by atoms with Gasteiger partial charge in [-0.25, -0.2) is 4.79 Å². The number of hydrogen-bond donors (Lipinski definition) is 1. The average Bonchev–Trinajstić information content (AvgIpc) is 3.44. The van der Waals surface area contributed by atoms with Crippen molar-refractivity contribution in [1.82, 2.24) is 5.32 Å². The minimum absolute atomic E-state index is 0.186. The quantitative estimate of drug-likeness (QED) is 0.821. The fraction of sp³-hybridized carbons (Fsp3) is 0.300. The summed E-state index contributed by atoms with van der Waals surface area (Å²) in [7, 11) is 1.50. The van der Waals surface area contributed by atoms with Crippen LogP contribution < -0.4 is 10.1 Å². The number of methoxy groups -OCH3 is 1.